The molecule has 0 bridgehead atoms. The summed E-state index contributed by atoms with van der Waals surface area (Å²) in [6, 6.07) is 0. The van der Waals surface area contributed by atoms with E-state index in [0.29, 0.717) is 22.4 Å². The molecule has 28 heavy (non-hydrogen) atoms. The Kier molecular flexibility index (Phi) is 6.12. The first-order valence-corrected chi connectivity index (χ1v) is 8.94. The minimum absolute atomic E-state index is 0.315. The van der Waals surface area contributed by atoms with Crippen LogP contribution >= 0.6 is 12.2 Å². The lowest BCUT2D eigenvalue weighted by molar-refractivity contribution is -0.192. The monoisotopic (exact) mass is 413 g/mol. The van der Waals surface area contributed by atoms with Crippen LogP contribution in [0.2, 0.25) is 0 Å². The molecule has 4 unspecified atom stereocenters. The van der Waals surface area contributed by atoms with Crippen molar-refractivity contribution in [3.05, 3.63) is 30.0 Å². The average molecular weight is 414 g/mol. The van der Waals surface area contributed by atoms with Gasteiger partial charge in [0.1, 0.15) is 28.0 Å². The van der Waals surface area contributed by atoms with E-state index < -0.39 is 29.1 Å². The Morgan fingerprint density at radius 1 is 1.32 bits per heavy atom. The fraction of sp³-hybridized carbons (Fsp3) is 0.588. The standard InChI is InChI=1S/C14H20N4O4S.C3H7NO/c1-11(5-19)12(2,20)13(3,21)14(4,22-11)18-7-17-8-9(18)15-6-16-10(8)23;1-2-3-5-4/h6-7,19-21H,5H2,1-4H3,(H,15,16,23);2H,1,3-4H2. The van der Waals surface area contributed by atoms with E-state index in [-0.39, 0.29) is 0 Å². The molecule has 156 valence electrons. The van der Waals surface area contributed by atoms with E-state index in [9.17, 15) is 15.3 Å². The molecule has 3 heterocycles. The highest BCUT2D eigenvalue weighted by molar-refractivity contribution is 7.71. The van der Waals surface area contributed by atoms with Crippen molar-refractivity contribution in [2.45, 2.75) is 50.2 Å². The number of fused-ring (bicyclic) bond motifs is 1. The Bertz CT molecular complexity index is 911. The number of nitrogens with two attached hydrogens (primary N) is 1. The van der Waals surface area contributed by atoms with Crippen LogP contribution in [0.4, 0.5) is 0 Å². The molecule has 0 spiro atoms. The fourth-order valence-electron chi connectivity index (χ4n) is 3.32. The molecule has 11 heteroatoms. The molecule has 0 aliphatic carbocycles. The third kappa shape index (κ3) is 3.08. The number of aliphatic hydroxyl groups excluding tert-OH is 1. The quantitative estimate of drug-likeness (QED) is 0.274. The van der Waals surface area contributed by atoms with E-state index in [2.05, 4.69) is 32.3 Å². The summed E-state index contributed by atoms with van der Waals surface area (Å²) < 4.78 is 7.89. The number of imidazole rings is 1. The summed E-state index contributed by atoms with van der Waals surface area (Å²) in [6.07, 6.45) is 4.48. The number of nitrogens with zero attached hydrogens (tertiary/aromatic N) is 3. The molecule has 0 amide bonds. The molecule has 6 N–H and O–H groups in total. The SMILES string of the molecule is C=CCON.CC1(CO)OC(C)(n2cnc3c(=S)nc[nH]c32)C(C)(O)C1(C)O. The van der Waals surface area contributed by atoms with Crippen LogP contribution in [0, 0.1) is 4.64 Å². The van der Waals surface area contributed by atoms with Crippen LogP contribution in [-0.2, 0) is 15.3 Å². The maximum absolute atomic E-state index is 11.1. The molecule has 1 aliphatic heterocycles. The zero-order valence-corrected chi connectivity index (χ0v) is 17.2. The molecular weight excluding hydrogens is 386 g/mol. The Hall–Kier alpha value is -1.73. The predicted octanol–water partition coefficient (Wildman–Crippen LogP) is 0.507. The van der Waals surface area contributed by atoms with Crippen molar-refractivity contribution < 1.29 is 24.9 Å². The zero-order valence-electron chi connectivity index (χ0n) is 16.3. The first-order chi connectivity index (χ1) is 12.9. The number of ether oxygens (including phenoxy) is 1. The summed E-state index contributed by atoms with van der Waals surface area (Å²) in [5.74, 6) is 4.57. The number of rotatable bonds is 4. The second-order valence-electron chi connectivity index (χ2n) is 7.26. The van der Waals surface area contributed by atoms with Crippen molar-refractivity contribution in [2.24, 2.45) is 5.90 Å². The topological polar surface area (TPSA) is 152 Å². The van der Waals surface area contributed by atoms with Gasteiger partial charge in [0, 0.05) is 0 Å². The third-order valence-electron chi connectivity index (χ3n) is 5.63. The number of aromatic amines is 1. The second kappa shape index (κ2) is 7.59. The number of nitrogens with one attached hydrogen (secondary N) is 1. The van der Waals surface area contributed by atoms with Crippen LogP contribution < -0.4 is 5.90 Å². The van der Waals surface area contributed by atoms with Gasteiger partial charge < -0.3 is 29.9 Å². The van der Waals surface area contributed by atoms with Gasteiger partial charge in [-0.3, -0.25) is 4.57 Å². The van der Waals surface area contributed by atoms with E-state index in [0.717, 1.165) is 0 Å². The Morgan fingerprint density at radius 3 is 2.43 bits per heavy atom. The largest absolute Gasteiger partial charge is 0.393 e. The highest BCUT2D eigenvalue weighted by Gasteiger charge is 2.72. The Morgan fingerprint density at radius 2 is 1.96 bits per heavy atom. The molecule has 3 rings (SSSR count). The lowest BCUT2D eigenvalue weighted by Crippen LogP contribution is -2.63. The van der Waals surface area contributed by atoms with Crippen LogP contribution in [0.5, 0.6) is 0 Å². The van der Waals surface area contributed by atoms with Crippen molar-refractivity contribution in [3.63, 3.8) is 0 Å². The first kappa shape index (κ1) is 22.6. The van der Waals surface area contributed by atoms with Gasteiger partial charge in [-0.1, -0.05) is 18.3 Å². The summed E-state index contributed by atoms with van der Waals surface area (Å²) >= 11 is 5.15. The molecule has 0 aromatic carbocycles. The molecule has 2 aromatic heterocycles. The highest BCUT2D eigenvalue weighted by Crippen LogP contribution is 2.54. The van der Waals surface area contributed by atoms with Crippen molar-refractivity contribution >= 4 is 23.4 Å². The molecule has 0 radical (unpaired) electrons. The minimum atomic E-state index is -1.73. The van der Waals surface area contributed by atoms with Crippen LogP contribution in [0.15, 0.2) is 25.3 Å². The van der Waals surface area contributed by atoms with Crippen molar-refractivity contribution in [1.29, 1.82) is 0 Å². The normalized spacial score (nSPS) is 34.9. The maximum Gasteiger partial charge on any atom is 0.176 e. The number of hydrogen-bond acceptors (Lipinski definition) is 9. The van der Waals surface area contributed by atoms with Crippen LogP contribution in [0.3, 0.4) is 0 Å². The summed E-state index contributed by atoms with van der Waals surface area (Å²) in [7, 11) is 0. The van der Waals surface area contributed by atoms with Crippen LogP contribution in [-0.4, -0.2) is 64.9 Å². The smallest absolute Gasteiger partial charge is 0.176 e. The van der Waals surface area contributed by atoms with Gasteiger partial charge in [0.05, 0.1) is 25.9 Å². The van der Waals surface area contributed by atoms with Crippen molar-refractivity contribution in [1.82, 2.24) is 19.5 Å². The predicted molar refractivity (Wildman–Crippen MR) is 105 cm³/mol. The summed E-state index contributed by atoms with van der Waals surface area (Å²) in [6.45, 7) is 9.40. The summed E-state index contributed by atoms with van der Waals surface area (Å²) in [5.41, 5.74) is -5.26. The minimum Gasteiger partial charge on any atom is -0.393 e. The Balaban J connectivity index is 0.000000500. The molecule has 0 saturated carbocycles. The van der Waals surface area contributed by atoms with Gasteiger partial charge in [-0.15, -0.1) is 6.58 Å². The van der Waals surface area contributed by atoms with Gasteiger partial charge in [-0.2, -0.15) is 0 Å². The van der Waals surface area contributed by atoms with E-state index >= 15 is 0 Å². The van der Waals surface area contributed by atoms with Gasteiger partial charge in [0.15, 0.2) is 10.4 Å². The molecule has 1 fully saturated rings. The van der Waals surface area contributed by atoms with Gasteiger partial charge in [0.2, 0.25) is 0 Å². The zero-order chi connectivity index (χ0) is 21.4. The van der Waals surface area contributed by atoms with E-state index in [1.165, 1.54) is 26.5 Å². The van der Waals surface area contributed by atoms with E-state index in [1.807, 2.05) is 0 Å². The highest BCUT2D eigenvalue weighted by atomic mass is 32.1. The van der Waals surface area contributed by atoms with Crippen LogP contribution in [0.1, 0.15) is 27.7 Å². The molecule has 1 saturated heterocycles. The van der Waals surface area contributed by atoms with Gasteiger partial charge in [0.25, 0.3) is 0 Å². The van der Waals surface area contributed by atoms with Crippen molar-refractivity contribution in [3.8, 4) is 0 Å². The number of hydrogen-bond donors (Lipinski definition) is 5. The second-order valence-corrected chi connectivity index (χ2v) is 7.65. The summed E-state index contributed by atoms with van der Waals surface area (Å²) in [4.78, 5) is 15.2. The number of aromatic nitrogens is 4. The van der Waals surface area contributed by atoms with Gasteiger partial charge >= 0.3 is 0 Å². The molecular formula is C17H27N5O5S. The maximum atomic E-state index is 11.1. The first-order valence-electron chi connectivity index (χ1n) is 8.53. The summed E-state index contributed by atoms with van der Waals surface area (Å²) in [5, 5.41) is 31.7. The molecule has 10 nitrogen and oxygen atoms in total. The van der Waals surface area contributed by atoms with Crippen molar-refractivity contribution in [2.75, 3.05) is 13.2 Å². The van der Waals surface area contributed by atoms with Gasteiger partial charge in [-0.25, -0.2) is 15.9 Å². The lowest BCUT2D eigenvalue weighted by Gasteiger charge is -2.42. The molecule has 4 atom stereocenters. The number of H-pyrrole nitrogens is 1. The molecule has 1 aliphatic rings. The Labute approximate surface area is 167 Å². The average Bonchev–Trinajstić information content (AvgIpc) is 3.11. The molecule has 2 aromatic rings. The van der Waals surface area contributed by atoms with E-state index in [4.69, 9.17) is 17.0 Å². The lowest BCUT2D eigenvalue weighted by atomic mass is 9.73. The van der Waals surface area contributed by atoms with E-state index in [1.54, 1.807) is 24.5 Å². The number of aliphatic hydroxyl groups is 3. The van der Waals surface area contributed by atoms with Crippen LogP contribution in [0.25, 0.3) is 11.2 Å². The van der Waals surface area contributed by atoms with Gasteiger partial charge in [-0.05, 0) is 27.7 Å². The third-order valence-corrected chi connectivity index (χ3v) is 5.93. The fourth-order valence-corrected chi connectivity index (χ4v) is 3.52.